The van der Waals surface area contributed by atoms with Gasteiger partial charge in [0.25, 0.3) is 0 Å². The molecule has 1 heterocycles. The van der Waals surface area contributed by atoms with Gasteiger partial charge in [0.15, 0.2) is 0 Å². The van der Waals surface area contributed by atoms with E-state index in [1.54, 1.807) is 24.3 Å². The number of ketones is 1. The average molecular weight is 474 g/mol. The second kappa shape index (κ2) is 9.53. The summed E-state index contributed by atoms with van der Waals surface area (Å²) in [4.78, 5) is 13.8. The molecule has 3 rings (SSSR count). The molecule has 162 valence electrons. The Morgan fingerprint density at radius 3 is 2.40 bits per heavy atom. The summed E-state index contributed by atoms with van der Waals surface area (Å²) in [6.07, 6.45) is 0. The van der Waals surface area contributed by atoms with Gasteiger partial charge in [-0.25, -0.2) is 8.42 Å². The van der Waals surface area contributed by atoms with Crippen molar-refractivity contribution in [2.24, 2.45) is 0 Å². The first kappa shape index (κ1) is 22.8. The van der Waals surface area contributed by atoms with Crippen LogP contribution in [0.1, 0.15) is 10.4 Å². The molecule has 0 amide bonds. The van der Waals surface area contributed by atoms with Gasteiger partial charge in [-0.3, -0.25) is 4.79 Å². The molecule has 0 aliphatic carbocycles. The molecule has 0 saturated carbocycles. The maximum atomic E-state index is 12.9. The Labute approximate surface area is 186 Å². The van der Waals surface area contributed by atoms with Crippen molar-refractivity contribution >= 4 is 39.0 Å². The first-order valence-corrected chi connectivity index (χ1v) is 11.5. The lowest BCUT2D eigenvalue weighted by molar-refractivity contribution is -0.895. The van der Waals surface area contributed by atoms with Crippen LogP contribution >= 0.6 is 23.2 Å². The third-order valence-corrected chi connectivity index (χ3v) is 7.67. The smallest absolute Gasteiger partial charge is 0.245 e. The van der Waals surface area contributed by atoms with Gasteiger partial charge in [-0.1, -0.05) is 23.2 Å². The first-order chi connectivity index (χ1) is 14.3. The Kier molecular flexibility index (Phi) is 7.26. The maximum absolute atomic E-state index is 12.9. The van der Waals surface area contributed by atoms with Crippen LogP contribution in [0.2, 0.25) is 10.0 Å². The van der Waals surface area contributed by atoms with Gasteiger partial charge in [-0.05, 0) is 36.4 Å². The molecule has 0 radical (unpaired) electrons. The molecule has 0 aromatic heterocycles. The number of sulfonamides is 1. The highest BCUT2D eigenvalue weighted by molar-refractivity contribution is 7.89. The first-order valence-electron chi connectivity index (χ1n) is 9.30. The van der Waals surface area contributed by atoms with Crippen LogP contribution < -0.4 is 14.4 Å². The number of benzene rings is 2. The Hall–Kier alpha value is -1.84. The minimum Gasteiger partial charge on any atom is -0.497 e. The average Bonchev–Trinajstić information content (AvgIpc) is 2.75. The fourth-order valence-electron chi connectivity index (χ4n) is 3.39. The lowest BCUT2D eigenvalue weighted by Crippen LogP contribution is -3.15. The van der Waals surface area contributed by atoms with Crippen molar-refractivity contribution in [3.05, 3.63) is 52.0 Å². The molecule has 1 aliphatic heterocycles. The zero-order chi connectivity index (χ0) is 21.9. The Morgan fingerprint density at radius 1 is 1.07 bits per heavy atom. The van der Waals surface area contributed by atoms with Crippen LogP contribution in [-0.2, 0) is 10.0 Å². The number of nitrogens with one attached hydrogen (secondary N) is 1. The highest BCUT2D eigenvalue weighted by Crippen LogP contribution is 2.28. The molecule has 2 aromatic rings. The number of carbonyl (C=O) groups excluding carboxylic acids is 1. The van der Waals surface area contributed by atoms with Gasteiger partial charge in [0.1, 0.15) is 22.9 Å². The Bertz CT molecular complexity index is 1040. The van der Waals surface area contributed by atoms with Crippen molar-refractivity contribution in [1.82, 2.24) is 4.31 Å². The van der Waals surface area contributed by atoms with E-state index in [2.05, 4.69) is 0 Å². The van der Waals surface area contributed by atoms with E-state index in [1.165, 1.54) is 30.7 Å². The molecule has 0 bridgehead atoms. The number of hydrogen-bond acceptors (Lipinski definition) is 5. The van der Waals surface area contributed by atoms with Gasteiger partial charge in [0.05, 0.1) is 51.0 Å². The molecule has 1 aliphatic rings. The van der Waals surface area contributed by atoms with Crippen molar-refractivity contribution < 1.29 is 27.6 Å². The van der Waals surface area contributed by atoms with E-state index >= 15 is 0 Å². The Balaban J connectivity index is 1.67. The fraction of sp³-hybridized carbons (Fsp3) is 0.350. The molecule has 1 fully saturated rings. The minimum atomic E-state index is -3.76. The topological polar surface area (TPSA) is 77.3 Å². The summed E-state index contributed by atoms with van der Waals surface area (Å²) in [6.45, 7) is 1.78. The van der Waals surface area contributed by atoms with E-state index in [4.69, 9.17) is 32.7 Å². The highest BCUT2D eigenvalue weighted by Gasteiger charge is 2.33. The fourth-order valence-corrected chi connectivity index (χ4v) is 5.57. The van der Waals surface area contributed by atoms with Gasteiger partial charge in [0.2, 0.25) is 15.8 Å². The zero-order valence-electron chi connectivity index (χ0n) is 16.7. The molecule has 10 heteroatoms. The number of methoxy groups -OCH3 is 2. The molecule has 1 N–H and O–H groups in total. The largest absolute Gasteiger partial charge is 0.497 e. The normalized spacial score (nSPS) is 15.7. The molecule has 0 atom stereocenters. The zero-order valence-corrected chi connectivity index (χ0v) is 19.0. The molecule has 30 heavy (non-hydrogen) atoms. The molecule has 7 nitrogen and oxygen atoms in total. The van der Waals surface area contributed by atoms with Crippen molar-refractivity contribution in [3.8, 4) is 11.5 Å². The summed E-state index contributed by atoms with van der Waals surface area (Å²) in [5.41, 5.74) is 0.449. The van der Waals surface area contributed by atoms with Crippen molar-refractivity contribution in [3.63, 3.8) is 0 Å². The van der Waals surface area contributed by atoms with Gasteiger partial charge in [-0.2, -0.15) is 4.31 Å². The molecule has 0 unspecified atom stereocenters. The van der Waals surface area contributed by atoms with Gasteiger partial charge >= 0.3 is 0 Å². The summed E-state index contributed by atoms with van der Waals surface area (Å²) in [6, 6.07) is 9.45. The van der Waals surface area contributed by atoms with Crippen LogP contribution in [0.15, 0.2) is 41.3 Å². The van der Waals surface area contributed by atoms with Crippen LogP contribution in [-0.4, -0.2) is 65.4 Å². The third kappa shape index (κ3) is 4.90. The maximum Gasteiger partial charge on any atom is 0.245 e. The number of hydrogen-bond donors (Lipinski definition) is 1. The summed E-state index contributed by atoms with van der Waals surface area (Å²) >= 11 is 12.0. The Morgan fingerprint density at radius 2 is 1.77 bits per heavy atom. The molecular formula is C20H23Cl2N2O5S+. The van der Waals surface area contributed by atoms with Crippen LogP contribution in [0.5, 0.6) is 11.5 Å². The van der Waals surface area contributed by atoms with Crippen LogP contribution in [0.25, 0.3) is 0 Å². The van der Waals surface area contributed by atoms with Gasteiger partial charge in [0, 0.05) is 5.02 Å². The van der Waals surface area contributed by atoms with Crippen molar-refractivity contribution in [2.45, 2.75) is 4.90 Å². The quantitative estimate of drug-likeness (QED) is 0.620. The molecule has 1 saturated heterocycles. The van der Waals surface area contributed by atoms with E-state index in [9.17, 15) is 13.2 Å². The van der Waals surface area contributed by atoms with E-state index in [0.717, 1.165) is 4.90 Å². The van der Waals surface area contributed by atoms with Crippen molar-refractivity contribution in [1.29, 1.82) is 0 Å². The minimum absolute atomic E-state index is 0.00249. The van der Waals surface area contributed by atoms with Crippen LogP contribution in [0.4, 0.5) is 0 Å². The number of rotatable bonds is 7. The van der Waals surface area contributed by atoms with E-state index in [0.29, 0.717) is 35.2 Å². The SMILES string of the molecule is COc1ccc(OC)c(C(=O)C[NH+]2CCN(S(=O)(=O)c3cc(Cl)ccc3Cl)CC2)c1. The molecule has 0 spiro atoms. The van der Waals surface area contributed by atoms with Crippen LogP contribution in [0.3, 0.4) is 0 Å². The number of piperazine rings is 1. The second-order valence-electron chi connectivity index (χ2n) is 6.89. The number of Topliss-reactive ketones (excluding diaryl/α,β-unsaturated/α-hetero) is 1. The van der Waals surface area contributed by atoms with E-state index in [-0.39, 0.29) is 35.3 Å². The summed E-state index contributed by atoms with van der Waals surface area (Å²) in [5.74, 6) is 0.968. The lowest BCUT2D eigenvalue weighted by atomic mass is 10.1. The van der Waals surface area contributed by atoms with Gasteiger partial charge in [-0.15, -0.1) is 0 Å². The summed E-state index contributed by atoms with van der Waals surface area (Å²) in [7, 11) is -0.712. The standard InChI is InChI=1S/C20H22Cl2N2O5S/c1-28-15-4-6-19(29-2)16(12-15)18(25)13-23-7-9-24(10-8-23)30(26,27)20-11-14(21)3-5-17(20)22/h3-6,11-12H,7-10,13H2,1-2H3/p+1. The molecular weight excluding hydrogens is 451 g/mol. The number of quaternary nitrogens is 1. The van der Waals surface area contributed by atoms with E-state index < -0.39 is 10.0 Å². The molecule has 2 aromatic carbocycles. The van der Waals surface area contributed by atoms with E-state index in [1.807, 2.05) is 0 Å². The predicted octanol–water partition coefficient (Wildman–Crippen LogP) is 1.78. The highest BCUT2D eigenvalue weighted by atomic mass is 35.5. The number of nitrogens with zero attached hydrogens (tertiary/aromatic N) is 1. The monoisotopic (exact) mass is 473 g/mol. The van der Waals surface area contributed by atoms with Gasteiger partial charge < -0.3 is 14.4 Å². The summed E-state index contributed by atoms with van der Waals surface area (Å²) in [5, 5.41) is 0.439. The third-order valence-electron chi connectivity index (χ3n) is 5.06. The number of ether oxygens (including phenoxy) is 2. The number of halogens is 2. The second-order valence-corrected chi connectivity index (χ2v) is 9.64. The lowest BCUT2D eigenvalue weighted by Gasteiger charge is -2.31. The number of carbonyl (C=O) groups is 1. The summed E-state index contributed by atoms with van der Waals surface area (Å²) < 4.78 is 37.7. The predicted molar refractivity (Wildman–Crippen MR) is 115 cm³/mol. The van der Waals surface area contributed by atoms with Crippen LogP contribution in [0, 0.1) is 0 Å². The van der Waals surface area contributed by atoms with Crippen molar-refractivity contribution in [2.75, 3.05) is 46.9 Å².